The number of hydrogen-bond donors (Lipinski definition) is 1. The number of halogens is 1. The third kappa shape index (κ3) is 3.43. The van der Waals surface area contributed by atoms with Crippen LogP contribution < -0.4 is 10.9 Å². The van der Waals surface area contributed by atoms with Crippen LogP contribution in [0.15, 0.2) is 65.7 Å². The zero-order valence-corrected chi connectivity index (χ0v) is 16.7. The summed E-state index contributed by atoms with van der Waals surface area (Å²) in [5, 5.41) is 4.00. The van der Waals surface area contributed by atoms with Gasteiger partial charge in [-0.2, -0.15) is 0 Å². The summed E-state index contributed by atoms with van der Waals surface area (Å²) in [4.78, 5) is 32.3. The van der Waals surface area contributed by atoms with E-state index in [1.54, 1.807) is 6.07 Å². The van der Waals surface area contributed by atoms with E-state index in [-0.39, 0.29) is 36.5 Å². The number of hydrogen-bond acceptors (Lipinski definition) is 4. The molecule has 1 amide bonds. The summed E-state index contributed by atoms with van der Waals surface area (Å²) in [6, 6.07) is 17.5. The summed E-state index contributed by atoms with van der Waals surface area (Å²) in [6.07, 6.45) is 1.48. The first kappa shape index (κ1) is 19.6. The Morgan fingerprint density at radius 3 is 2.66 bits per heavy atom. The van der Waals surface area contributed by atoms with Gasteiger partial charge in [-0.1, -0.05) is 42.5 Å². The van der Waals surface area contributed by atoms with Crippen LogP contribution >= 0.6 is 12.4 Å². The van der Waals surface area contributed by atoms with E-state index < -0.39 is 0 Å². The minimum atomic E-state index is -0.170. The SMILES string of the molecule is Cl.O=C(Cn1cnc2ccccc2c1=O)N1C[C@@H]2CNC[C@@H]2[C@@H]1c1ccccc1. The highest BCUT2D eigenvalue weighted by Crippen LogP contribution is 2.42. The van der Waals surface area contributed by atoms with Crippen LogP contribution in [-0.4, -0.2) is 40.0 Å². The fraction of sp³-hybridized carbons (Fsp3) is 0.318. The van der Waals surface area contributed by atoms with E-state index in [4.69, 9.17) is 0 Å². The summed E-state index contributed by atoms with van der Waals surface area (Å²) in [5.41, 5.74) is 1.65. The van der Waals surface area contributed by atoms with Crippen molar-refractivity contribution in [2.75, 3.05) is 19.6 Å². The van der Waals surface area contributed by atoms with E-state index in [0.29, 0.717) is 22.7 Å². The normalized spacial score (nSPS) is 23.0. The van der Waals surface area contributed by atoms with Crippen molar-refractivity contribution in [3.63, 3.8) is 0 Å². The molecule has 0 spiro atoms. The molecular formula is C22H23ClN4O2. The molecule has 6 nitrogen and oxygen atoms in total. The number of nitrogens with one attached hydrogen (secondary N) is 1. The lowest BCUT2D eigenvalue weighted by Gasteiger charge is -2.28. The summed E-state index contributed by atoms with van der Waals surface area (Å²) in [6.45, 7) is 2.61. The Morgan fingerprint density at radius 1 is 1.07 bits per heavy atom. The summed E-state index contributed by atoms with van der Waals surface area (Å²) >= 11 is 0. The van der Waals surface area contributed by atoms with Crippen LogP contribution in [0.2, 0.25) is 0 Å². The van der Waals surface area contributed by atoms with Crippen molar-refractivity contribution in [1.82, 2.24) is 19.8 Å². The van der Waals surface area contributed by atoms with E-state index in [2.05, 4.69) is 22.4 Å². The molecule has 1 aromatic heterocycles. The van der Waals surface area contributed by atoms with Gasteiger partial charge in [-0.3, -0.25) is 14.2 Å². The number of amides is 1. The highest BCUT2D eigenvalue weighted by molar-refractivity contribution is 5.85. The molecule has 3 aromatic rings. The fourth-order valence-electron chi connectivity index (χ4n) is 4.71. The van der Waals surface area contributed by atoms with E-state index in [0.717, 1.165) is 25.2 Å². The fourth-order valence-corrected chi connectivity index (χ4v) is 4.71. The van der Waals surface area contributed by atoms with Gasteiger partial charge in [0.2, 0.25) is 5.91 Å². The van der Waals surface area contributed by atoms with Gasteiger partial charge in [0, 0.05) is 25.6 Å². The molecule has 5 rings (SSSR count). The lowest BCUT2D eigenvalue weighted by atomic mass is 9.89. The number of nitrogens with zero attached hydrogens (tertiary/aromatic N) is 3. The van der Waals surface area contributed by atoms with Crippen LogP contribution in [0.3, 0.4) is 0 Å². The Hall–Kier alpha value is -2.70. The third-order valence-corrected chi connectivity index (χ3v) is 6.06. The van der Waals surface area contributed by atoms with E-state index in [1.807, 2.05) is 41.3 Å². The van der Waals surface area contributed by atoms with E-state index >= 15 is 0 Å². The molecule has 0 aliphatic carbocycles. The molecule has 0 radical (unpaired) electrons. The molecule has 2 aliphatic rings. The molecule has 3 heterocycles. The Bertz CT molecular complexity index is 1080. The Balaban J connectivity index is 0.00000205. The standard InChI is InChI=1S/C22H22N4O2.ClH/c27-20(13-25-14-24-19-9-5-4-8-17(19)22(25)28)26-12-16-10-23-11-18(16)21(26)15-6-2-1-3-7-15;/h1-9,14,16,18,21,23H,10-13H2;1H/t16-,18-,21-;/m0./s1. The van der Waals surface area contributed by atoms with Crippen molar-refractivity contribution in [2.45, 2.75) is 12.6 Å². The van der Waals surface area contributed by atoms with Crippen molar-refractivity contribution >= 4 is 29.2 Å². The Labute approximate surface area is 175 Å². The van der Waals surface area contributed by atoms with E-state index in [9.17, 15) is 9.59 Å². The van der Waals surface area contributed by atoms with Gasteiger partial charge in [-0.05, 0) is 23.6 Å². The van der Waals surface area contributed by atoms with Crippen LogP contribution in [-0.2, 0) is 11.3 Å². The predicted octanol–water partition coefficient (Wildman–Crippen LogP) is 2.24. The minimum absolute atomic E-state index is 0. The van der Waals surface area contributed by atoms with Crippen molar-refractivity contribution < 1.29 is 4.79 Å². The van der Waals surface area contributed by atoms with Crippen LogP contribution in [0.25, 0.3) is 10.9 Å². The second-order valence-electron chi connectivity index (χ2n) is 7.68. The molecule has 0 saturated carbocycles. The lowest BCUT2D eigenvalue weighted by Crippen LogP contribution is -2.38. The van der Waals surface area contributed by atoms with Gasteiger partial charge >= 0.3 is 0 Å². The molecule has 2 fully saturated rings. The van der Waals surface area contributed by atoms with Gasteiger partial charge in [0.1, 0.15) is 6.54 Å². The van der Waals surface area contributed by atoms with Crippen LogP contribution in [0.1, 0.15) is 11.6 Å². The maximum absolute atomic E-state index is 13.2. The van der Waals surface area contributed by atoms with Crippen LogP contribution in [0.4, 0.5) is 0 Å². The second-order valence-corrected chi connectivity index (χ2v) is 7.68. The molecule has 2 aromatic carbocycles. The maximum Gasteiger partial charge on any atom is 0.261 e. The molecule has 2 saturated heterocycles. The molecule has 0 bridgehead atoms. The topological polar surface area (TPSA) is 67.2 Å². The first-order valence-corrected chi connectivity index (χ1v) is 9.71. The predicted molar refractivity (Wildman–Crippen MR) is 114 cm³/mol. The number of likely N-dealkylation sites (tertiary alicyclic amines) is 1. The monoisotopic (exact) mass is 410 g/mol. The summed E-state index contributed by atoms with van der Waals surface area (Å²) in [7, 11) is 0. The number of para-hydroxylation sites is 1. The number of aromatic nitrogens is 2. The van der Waals surface area contributed by atoms with Crippen molar-refractivity contribution in [3.8, 4) is 0 Å². The van der Waals surface area contributed by atoms with Gasteiger partial charge in [-0.25, -0.2) is 4.98 Å². The number of benzene rings is 2. The second kappa shape index (κ2) is 7.97. The van der Waals surface area contributed by atoms with E-state index in [1.165, 1.54) is 10.9 Å². The number of carbonyl (C=O) groups is 1. The molecule has 3 atom stereocenters. The largest absolute Gasteiger partial charge is 0.333 e. The van der Waals surface area contributed by atoms with Gasteiger partial charge in [0.25, 0.3) is 5.56 Å². The number of rotatable bonds is 3. The van der Waals surface area contributed by atoms with Crippen molar-refractivity contribution in [1.29, 1.82) is 0 Å². The molecule has 150 valence electrons. The smallest absolute Gasteiger partial charge is 0.261 e. The number of fused-ring (bicyclic) bond motifs is 2. The summed E-state index contributed by atoms with van der Waals surface area (Å²) < 4.78 is 1.43. The maximum atomic E-state index is 13.2. The highest BCUT2D eigenvalue weighted by Gasteiger charge is 2.46. The molecule has 2 aliphatic heterocycles. The molecule has 7 heteroatoms. The first-order chi connectivity index (χ1) is 13.7. The third-order valence-electron chi connectivity index (χ3n) is 6.06. The highest BCUT2D eigenvalue weighted by atomic mass is 35.5. The van der Waals surface area contributed by atoms with Crippen LogP contribution in [0.5, 0.6) is 0 Å². The Morgan fingerprint density at radius 2 is 1.83 bits per heavy atom. The zero-order chi connectivity index (χ0) is 19.1. The van der Waals surface area contributed by atoms with Crippen molar-refractivity contribution in [3.05, 3.63) is 76.8 Å². The quantitative estimate of drug-likeness (QED) is 0.719. The van der Waals surface area contributed by atoms with Gasteiger partial charge in [-0.15, -0.1) is 12.4 Å². The van der Waals surface area contributed by atoms with Crippen molar-refractivity contribution in [2.24, 2.45) is 11.8 Å². The molecular weight excluding hydrogens is 388 g/mol. The van der Waals surface area contributed by atoms with Gasteiger partial charge < -0.3 is 10.2 Å². The average molecular weight is 411 g/mol. The zero-order valence-electron chi connectivity index (χ0n) is 15.9. The first-order valence-electron chi connectivity index (χ1n) is 9.71. The van der Waals surface area contributed by atoms with Gasteiger partial charge in [0.15, 0.2) is 0 Å². The van der Waals surface area contributed by atoms with Gasteiger partial charge in [0.05, 0.1) is 23.3 Å². The number of carbonyl (C=O) groups excluding carboxylic acids is 1. The molecule has 1 N–H and O–H groups in total. The Kier molecular flexibility index (Phi) is 5.39. The molecule has 0 unspecified atom stereocenters. The minimum Gasteiger partial charge on any atom is -0.333 e. The average Bonchev–Trinajstić information content (AvgIpc) is 3.32. The van der Waals surface area contributed by atoms with Crippen LogP contribution in [0, 0.1) is 11.8 Å². The lowest BCUT2D eigenvalue weighted by molar-refractivity contribution is -0.133. The summed E-state index contributed by atoms with van der Waals surface area (Å²) in [5.74, 6) is 0.848. The molecule has 29 heavy (non-hydrogen) atoms.